The average Bonchev–Trinajstić information content (AvgIpc) is 3.11. The van der Waals surface area contributed by atoms with Crippen LogP contribution < -0.4 is 5.32 Å². The number of alkyl carbamates (subject to hydrolysis) is 1. The quantitative estimate of drug-likeness (QED) is 0.635. The minimum Gasteiger partial charge on any atom is -0.480 e. The molecule has 0 radical (unpaired) electrons. The summed E-state index contributed by atoms with van der Waals surface area (Å²) in [5.41, 5.74) is 5.99. The highest BCUT2D eigenvalue weighted by molar-refractivity contribution is 5.81. The fraction of sp³-hybridized carbons (Fsp3) is 0.200. The van der Waals surface area contributed by atoms with Crippen molar-refractivity contribution in [1.82, 2.24) is 5.32 Å². The number of hydrogen-bond acceptors (Lipinski definition) is 3. The Hall–Kier alpha value is -3.60. The van der Waals surface area contributed by atoms with Gasteiger partial charge in [0.25, 0.3) is 0 Å². The summed E-state index contributed by atoms with van der Waals surface area (Å²) in [7, 11) is 0. The molecule has 4 rings (SSSR count). The maximum absolute atomic E-state index is 12.4. The van der Waals surface area contributed by atoms with Crippen LogP contribution in [0.15, 0.2) is 72.8 Å². The Morgan fingerprint density at radius 3 is 2.33 bits per heavy atom. The molecule has 3 aromatic rings. The molecular weight excluding hydrogens is 378 g/mol. The van der Waals surface area contributed by atoms with Crippen molar-refractivity contribution < 1.29 is 20.8 Å². The molecule has 0 fully saturated rings. The third-order valence-corrected chi connectivity index (χ3v) is 5.37. The second-order valence-corrected chi connectivity index (χ2v) is 7.38. The molecule has 0 unspecified atom stereocenters. The van der Waals surface area contributed by atoms with E-state index in [0.29, 0.717) is 0 Å². The first kappa shape index (κ1) is 18.4. The fourth-order valence-corrected chi connectivity index (χ4v) is 3.97. The Bertz CT molecular complexity index is 1070. The predicted molar refractivity (Wildman–Crippen MR) is 115 cm³/mol. The first-order valence-electron chi connectivity index (χ1n) is 10.5. The van der Waals surface area contributed by atoms with Crippen molar-refractivity contribution >= 4 is 12.1 Å². The molecule has 1 aliphatic rings. The van der Waals surface area contributed by atoms with Crippen LogP contribution in [0, 0.1) is 6.90 Å². The van der Waals surface area contributed by atoms with E-state index in [0.717, 1.165) is 33.4 Å². The SMILES string of the molecule is [2H]Cc1cccc(C[C@H](NC(=O)OCC2c3ccccc3-c3ccccc32)C(=O)O)c1. The number of carboxylic acid groups (broad SMARTS) is 1. The average molecular weight is 402 g/mol. The van der Waals surface area contributed by atoms with E-state index in [1.54, 1.807) is 18.2 Å². The lowest BCUT2D eigenvalue weighted by Gasteiger charge is -2.17. The zero-order chi connectivity index (χ0) is 21.8. The third kappa shape index (κ3) is 4.06. The highest BCUT2D eigenvalue weighted by Crippen LogP contribution is 2.44. The van der Waals surface area contributed by atoms with Crippen LogP contribution >= 0.6 is 0 Å². The van der Waals surface area contributed by atoms with Crippen LogP contribution in [0.5, 0.6) is 0 Å². The van der Waals surface area contributed by atoms with Crippen LogP contribution in [0.3, 0.4) is 0 Å². The first-order chi connectivity index (χ1) is 15.1. The summed E-state index contributed by atoms with van der Waals surface area (Å²) in [6.07, 6.45) is -0.640. The molecule has 152 valence electrons. The van der Waals surface area contributed by atoms with Crippen molar-refractivity contribution in [3.63, 3.8) is 0 Å². The van der Waals surface area contributed by atoms with Crippen LogP contribution in [-0.4, -0.2) is 29.8 Å². The van der Waals surface area contributed by atoms with Crippen LogP contribution in [0.25, 0.3) is 11.1 Å². The van der Waals surface area contributed by atoms with Gasteiger partial charge >= 0.3 is 12.1 Å². The number of carboxylic acids is 1. The minimum atomic E-state index is -1.13. The fourth-order valence-electron chi connectivity index (χ4n) is 3.97. The molecule has 30 heavy (non-hydrogen) atoms. The maximum Gasteiger partial charge on any atom is 0.407 e. The lowest BCUT2D eigenvalue weighted by Crippen LogP contribution is -2.42. The zero-order valence-electron chi connectivity index (χ0n) is 17.4. The molecule has 0 saturated heterocycles. The Kier molecular flexibility index (Phi) is 5.17. The van der Waals surface area contributed by atoms with E-state index in [1.807, 2.05) is 42.5 Å². The molecule has 3 aromatic carbocycles. The molecule has 1 amide bonds. The summed E-state index contributed by atoms with van der Waals surface area (Å²) in [5.74, 6) is -1.22. The number of carbonyl (C=O) groups excluding carboxylic acids is 1. The second-order valence-electron chi connectivity index (χ2n) is 7.38. The number of benzene rings is 3. The predicted octanol–water partition coefficient (Wildman–Crippen LogP) is 4.53. The number of hydrogen-bond donors (Lipinski definition) is 2. The number of amides is 1. The summed E-state index contributed by atoms with van der Waals surface area (Å²) in [5, 5.41) is 12.0. The van der Waals surface area contributed by atoms with Gasteiger partial charge in [-0.05, 0) is 34.7 Å². The molecule has 2 N–H and O–H groups in total. The van der Waals surface area contributed by atoms with E-state index in [4.69, 9.17) is 6.11 Å². The van der Waals surface area contributed by atoms with E-state index in [-0.39, 0.29) is 25.8 Å². The summed E-state index contributed by atoms with van der Waals surface area (Å²) in [6.45, 7) is 0.242. The number of carbonyl (C=O) groups is 2. The number of aryl methyl sites for hydroxylation is 1. The minimum absolute atomic E-state index is 0.0878. The normalized spacial score (nSPS) is 13.7. The summed E-state index contributed by atoms with van der Waals surface area (Å²) >= 11 is 0. The van der Waals surface area contributed by atoms with Crippen LogP contribution in [0.1, 0.15) is 29.5 Å². The first-order valence-corrected chi connectivity index (χ1v) is 9.78. The van der Waals surface area contributed by atoms with Gasteiger partial charge in [-0.1, -0.05) is 78.4 Å². The second kappa shape index (κ2) is 8.41. The number of aliphatic carboxylic acids is 1. The number of fused-ring (bicyclic) bond motifs is 3. The van der Waals surface area contributed by atoms with E-state index in [1.165, 1.54) is 0 Å². The van der Waals surface area contributed by atoms with Crippen molar-refractivity contribution in [2.75, 3.05) is 6.61 Å². The maximum atomic E-state index is 12.4. The molecule has 0 aliphatic heterocycles. The van der Waals surface area contributed by atoms with Crippen LogP contribution in [0.2, 0.25) is 0 Å². The largest absolute Gasteiger partial charge is 0.480 e. The Morgan fingerprint density at radius 1 is 1.03 bits per heavy atom. The summed E-state index contributed by atoms with van der Waals surface area (Å²) in [4.78, 5) is 24.1. The van der Waals surface area contributed by atoms with Gasteiger partial charge in [-0.15, -0.1) is 0 Å². The van der Waals surface area contributed by atoms with E-state index >= 15 is 0 Å². The molecule has 1 atom stereocenters. The van der Waals surface area contributed by atoms with Crippen molar-refractivity contribution in [2.45, 2.75) is 25.3 Å². The molecule has 1 aliphatic carbocycles. The molecule has 0 spiro atoms. The smallest absolute Gasteiger partial charge is 0.407 e. The highest BCUT2D eigenvalue weighted by Gasteiger charge is 2.29. The Labute approximate surface area is 176 Å². The van der Waals surface area contributed by atoms with E-state index < -0.39 is 18.1 Å². The van der Waals surface area contributed by atoms with E-state index in [9.17, 15) is 14.7 Å². The summed E-state index contributed by atoms with van der Waals surface area (Å²) < 4.78 is 12.9. The Balaban J connectivity index is 1.43. The standard InChI is InChI=1S/C25H23NO4/c1-16-7-6-8-17(13-16)14-23(24(27)28)26-25(29)30-15-22-20-11-4-2-9-18(20)19-10-3-5-12-21(19)22/h2-13,22-23H,14-15H2,1H3,(H,26,29)(H,27,28)/t23-/m0/s1/i1D. The molecule has 5 nitrogen and oxygen atoms in total. The van der Waals surface area contributed by atoms with Crippen LogP contribution in [-0.2, 0) is 16.0 Å². The molecule has 0 aromatic heterocycles. The van der Waals surface area contributed by atoms with Gasteiger partial charge in [0.2, 0.25) is 0 Å². The molecule has 0 saturated carbocycles. The zero-order valence-corrected chi connectivity index (χ0v) is 16.4. The van der Waals surface area contributed by atoms with Gasteiger partial charge < -0.3 is 15.2 Å². The lowest BCUT2D eigenvalue weighted by molar-refractivity contribution is -0.139. The third-order valence-electron chi connectivity index (χ3n) is 5.37. The molecule has 0 heterocycles. The van der Waals surface area contributed by atoms with Gasteiger partial charge in [-0.3, -0.25) is 0 Å². The molecule has 0 bridgehead atoms. The topological polar surface area (TPSA) is 75.6 Å². The lowest BCUT2D eigenvalue weighted by atomic mass is 9.98. The van der Waals surface area contributed by atoms with Gasteiger partial charge in [0, 0.05) is 13.7 Å². The van der Waals surface area contributed by atoms with Crippen molar-refractivity contribution in [3.8, 4) is 11.1 Å². The molecule has 5 heteroatoms. The van der Waals surface area contributed by atoms with E-state index in [2.05, 4.69) is 17.4 Å². The monoisotopic (exact) mass is 402 g/mol. The van der Waals surface area contributed by atoms with Gasteiger partial charge in [-0.2, -0.15) is 0 Å². The molecular formula is C25H23NO4. The van der Waals surface area contributed by atoms with Crippen LogP contribution in [0.4, 0.5) is 4.79 Å². The van der Waals surface area contributed by atoms with Gasteiger partial charge in [0.05, 0.1) is 0 Å². The highest BCUT2D eigenvalue weighted by atomic mass is 16.5. The van der Waals surface area contributed by atoms with Crippen molar-refractivity contribution in [3.05, 3.63) is 95.1 Å². The number of rotatable bonds is 6. The number of nitrogens with one attached hydrogen (secondary N) is 1. The summed E-state index contributed by atoms with van der Waals surface area (Å²) in [6, 6.07) is 22.1. The Morgan fingerprint density at radius 2 is 1.70 bits per heavy atom. The van der Waals surface area contributed by atoms with Crippen molar-refractivity contribution in [2.24, 2.45) is 0 Å². The van der Waals surface area contributed by atoms with Crippen molar-refractivity contribution in [1.29, 1.82) is 0 Å². The van der Waals surface area contributed by atoms with Gasteiger partial charge in [0.15, 0.2) is 0 Å². The van der Waals surface area contributed by atoms with Gasteiger partial charge in [-0.25, -0.2) is 9.59 Å². The number of ether oxygens (including phenoxy) is 1. The van der Waals surface area contributed by atoms with Gasteiger partial charge in [0.1, 0.15) is 12.6 Å².